The van der Waals surface area contributed by atoms with Crippen LogP contribution in [0.1, 0.15) is 25.3 Å². The van der Waals surface area contributed by atoms with E-state index in [2.05, 4.69) is 34.7 Å². The van der Waals surface area contributed by atoms with Gasteiger partial charge < -0.3 is 15.5 Å². The Labute approximate surface area is 133 Å². The van der Waals surface area contributed by atoms with E-state index in [9.17, 15) is 4.79 Å². The van der Waals surface area contributed by atoms with Crippen molar-refractivity contribution in [3.63, 3.8) is 0 Å². The Hall–Kier alpha value is -2.04. The number of carbonyl (C=O) groups excluding carboxylic acids is 1. The van der Waals surface area contributed by atoms with Crippen LogP contribution in [0.5, 0.6) is 0 Å². The standard InChI is InChI=1S/C17H28N4O/c1-4-5-13-21(3)17(18-2)20-14-16(22)19-12-11-15-9-7-6-8-10-15/h6-10H,4-5,11-14H2,1-3H3,(H,18,20)(H,19,22). The Morgan fingerprint density at radius 2 is 1.95 bits per heavy atom. The second-order valence-electron chi connectivity index (χ2n) is 5.26. The highest BCUT2D eigenvalue weighted by Crippen LogP contribution is 1.98. The molecular weight excluding hydrogens is 276 g/mol. The fourth-order valence-corrected chi connectivity index (χ4v) is 2.10. The highest BCUT2D eigenvalue weighted by molar-refractivity contribution is 5.86. The molecule has 2 N–H and O–H groups in total. The van der Waals surface area contributed by atoms with Gasteiger partial charge in [-0.05, 0) is 18.4 Å². The fraction of sp³-hybridized carbons (Fsp3) is 0.529. The second-order valence-corrected chi connectivity index (χ2v) is 5.26. The fourth-order valence-electron chi connectivity index (χ4n) is 2.10. The van der Waals surface area contributed by atoms with Crippen LogP contribution in [-0.4, -0.2) is 50.5 Å². The molecule has 0 spiro atoms. The van der Waals surface area contributed by atoms with Crippen molar-refractivity contribution in [3.8, 4) is 0 Å². The summed E-state index contributed by atoms with van der Waals surface area (Å²) < 4.78 is 0. The zero-order chi connectivity index (χ0) is 16.2. The molecular formula is C17H28N4O. The van der Waals surface area contributed by atoms with E-state index < -0.39 is 0 Å². The summed E-state index contributed by atoms with van der Waals surface area (Å²) in [6.07, 6.45) is 3.10. The minimum Gasteiger partial charge on any atom is -0.354 e. The third-order valence-corrected chi connectivity index (χ3v) is 3.41. The molecule has 0 saturated heterocycles. The minimum absolute atomic E-state index is 0.0130. The van der Waals surface area contributed by atoms with Gasteiger partial charge >= 0.3 is 0 Å². The zero-order valence-electron chi connectivity index (χ0n) is 13.9. The van der Waals surface area contributed by atoms with Crippen molar-refractivity contribution in [2.24, 2.45) is 4.99 Å². The molecule has 5 nitrogen and oxygen atoms in total. The Kier molecular flexibility index (Phi) is 8.72. The average molecular weight is 304 g/mol. The summed E-state index contributed by atoms with van der Waals surface area (Å²) in [5, 5.41) is 6.01. The van der Waals surface area contributed by atoms with E-state index in [1.807, 2.05) is 30.1 Å². The average Bonchev–Trinajstić information content (AvgIpc) is 2.54. The summed E-state index contributed by atoms with van der Waals surface area (Å²) in [5.41, 5.74) is 1.23. The van der Waals surface area contributed by atoms with Gasteiger partial charge in [-0.25, -0.2) is 0 Å². The predicted octanol–water partition coefficient (Wildman–Crippen LogP) is 1.65. The molecule has 5 heteroatoms. The summed E-state index contributed by atoms with van der Waals surface area (Å²) in [4.78, 5) is 18.1. The summed E-state index contributed by atoms with van der Waals surface area (Å²) in [6.45, 7) is 3.99. The lowest BCUT2D eigenvalue weighted by molar-refractivity contribution is -0.120. The number of guanidine groups is 1. The molecule has 1 aromatic rings. The van der Waals surface area contributed by atoms with E-state index >= 15 is 0 Å². The van der Waals surface area contributed by atoms with Crippen LogP contribution in [0.2, 0.25) is 0 Å². The summed E-state index contributed by atoms with van der Waals surface area (Å²) in [6, 6.07) is 10.1. The van der Waals surface area contributed by atoms with Crippen LogP contribution < -0.4 is 10.6 Å². The van der Waals surface area contributed by atoms with Gasteiger partial charge in [-0.2, -0.15) is 0 Å². The highest BCUT2D eigenvalue weighted by atomic mass is 16.1. The number of nitrogens with one attached hydrogen (secondary N) is 2. The lowest BCUT2D eigenvalue weighted by Gasteiger charge is -2.21. The number of amides is 1. The summed E-state index contributed by atoms with van der Waals surface area (Å²) in [7, 11) is 3.72. The first-order valence-corrected chi connectivity index (χ1v) is 7.89. The molecule has 0 aromatic heterocycles. The van der Waals surface area contributed by atoms with Crippen molar-refractivity contribution < 1.29 is 4.79 Å². The molecule has 0 heterocycles. The molecule has 1 rings (SSSR count). The maximum Gasteiger partial charge on any atom is 0.239 e. The van der Waals surface area contributed by atoms with Crippen LogP contribution in [0.25, 0.3) is 0 Å². The number of rotatable bonds is 8. The lowest BCUT2D eigenvalue weighted by Crippen LogP contribution is -2.44. The van der Waals surface area contributed by atoms with Crippen LogP contribution >= 0.6 is 0 Å². The maximum atomic E-state index is 11.8. The van der Waals surface area contributed by atoms with Crippen molar-refractivity contribution in [1.29, 1.82) is 0 Å². The van der Waals surface area contributed by atoms with Crippen molar-refractivity contribution in [3.05, 3.63) is 35.9 Å². The van der Waals surface area contributed by atoms with Gasteiger partial charge in [-0.3, -0.25) is 9.79 Å². The third-order valence-electron chi connectivity index (χ3n) is 3.41. The molecule has 22 heavy (non-hydrogen) atoms. The largest absolute Gasteiger partial charge is 0.354 e. The predicted molar refractivity (Wildman–Crippen MR) is 92.1 cm³/mol. The first-order chi connectivity index (χ1) is 10.7. The van der Waals surface area contributed by atoms with Crippen molar-refractivity contribution in [2.45, 2.75) is 26.2 Å². The van der Waals surface area contributed by atoms with Gasteiger partial charge in [0.25, 0.3) is 0 Å². The van der Waals surface area contributed by atoms with Crippen LogP contribution in [0.4, 0.5) is 0 Å². The first-order valence-electron chi connectivity index (χ1n) is 7.89. The van der Waals surface area contributed by atoms with Gasteiger partial charge in [-0.1, -0.05) is 43.7 Å². The van der Waals surface area contributed by atoms with Gasteiger partial charge in [0.05, 0.1) is 6.54 Å². The molecule has 0 aliphatic rings. The Bertz CT molecular complexity index is 459. The van der Waals surface area contributed by atoms with Crippen LogP contribution in [0.15, 0.2) is 35.3 Å². The normalized spacial score (nSPS) is 11.1. The molecule has 0 radical (unpaired) electrons. The molecule has 1 aromatic carbocycles. The van der Waals surface area contributed by atoms with Gasteiger partial charge in [0.1, 0.15) is 0 Å². The van der Waals surface area contributed by atoms with Crippen molar-refractivity contribution >= 4 is 11.9 Å². The molecule has 0 unspecified atom stereocenters. The topological polar surface area (TPSA) is 56.7 Å². The lowest BCUT2D eigenvalue weighted by atomic mass is 10.1. The Morgan fingerprint density at radius 1 is 1.23 bits per heavy atom. The van der Waals surface area contributed by atoms with E-state index in [-0.39, 0.29) is 12.5 Å². The minimum atomic E-state index is -0.0130. The molecule has 0 saturated carbocycles. The number of carbonyl (C=O) groups is 1. The monoisotopic (exact) mass is 304 g/mol. The molecule has 0 bridgehead atoms. The number of nitrogens with zero attached hydrogens (tertiary/aromatic N) is 2. The molecule has 0 aliphatic carbocycles. The van der Waals surface area contributed by atoms with Crippen molar-refractivity contribution in [1.82, 2.24) is 15.5 Å². The molecule has 1 amide bonds. The van der Waals surface area contributed by atoms with Gasteiger partial charge in [0.2, 0.25) is 5.91 Å². The smallest absolute Gasteiger partial charge is 0.239 e. The van der Waals surface area contributed by atoms with Crippen molar-refractivity contribution in [2.75, 3.05) is 33.7 Å². The van der Waals surface area contributed by atoms with E-state index in [0.717, 1.165) is 31.8 Å². The van der Waals surface area contributed by atoms with Crippen LogP contribution in [0.3, 0.4) is 0 Å². The number of hydrogen-bond acceptors (Lipinski definition) is 2. The SMILES string of the molecule is CCCCN(C)C(=NC)NCC(=O)NCCc1ccccc1. The number of benzene rings is 1. The Balaban J connectivity index is 2.24. The van der Waals surface area contributed by atoms with E-state index in [1.165, 1.54) is 5.56 Å². The molecule has 122 valence electrons. The third kappa shape index (κ3) is 7.11. The zero-order valence-corrected chi connectivity index (χ0v) is 13.9. The summed E-state index contributed by atoms with van der Waals surface area (Å²) in [5.74, 6) is 0.743. The van der Waals surface area contributed by atoms with Crippen LogP contribution in [-0.2, 0) is 11.2 Å². The number of hydrogen-bond donors (Lipinski definition) is 2. The van der Waals surface area contributed by atoms with E-state index in [1.54, 1.807) is 7.05 Å². The molecule has 0 aliphatic heterocycles. The quantitative estimate of drug-likeness (QED) is 0.567. The van der Waals surface area contributed by atoms with Gasteiger partial charge in [0, 0.05) is 27.2 Å². The maximum absolute atomic E-state index is 11.8. The molecule has 0 fully saturated rings. The first kappa shape index (κ1) is 18.0. The number of unbranched alkanes of at least 4 members (excludes halogenated alkanes) is 1. The number of aliphatic imine (C=N–C) groups is 1. The van der Waals surface area contributed by atoms with Gasteiger partial charge in [-0.15, -0.1) is 0 Å². The van der Waals surface area contributed by atoms with E-state index in [0.29, 0.717) is 6.54 Å². The highest BCUT2D eigenvalue weighted by Gasteiger charge is 2.07. The molecule has 0 atom stereocenters. The Morgan fingerprint density at radius 3 is 2.59 bits per heavy atom. The summed E-state index contributed by atoms with van der Waals surface area (Å²) >= 11 is 0. The second kappa shape index (κ2) is 10.7. The van der Waals surface area contributed by atoms with E-state index in [4.69, 9.17) is 0 Å². The van der Waals surface area contributed by atoms with Gasteiger partial charge in [0.15, 0.2) is 5.96 Å². The van der Waals surface area contributed by atoms with Crippen LogP contribution in [0, 0.1) is 0 Å².